The zero-order valence-corrected chi connectivity index (χ0v) is 18.9. The number of esters is 1. The van der Waals surface area contributed by atoms with Gasteiger partial charge in [0.15, 0.2) is 0 Å². The molecule has 172 valence electrons. The maximum Gasteiger partial charge on any atom is 0.306 e. The first-order valence-electron chi connectivity index (χ1n) is 11.5. The molecule has 1 amide bonds. The fourth-order valence-electron chi connectivity index (χ4n) is 3.39. The average Bonchev–Trinajstić information content (AvgIpc) is 2.85. The Balaban J connectivity index is 1.29. The molecule has 0 spiro atoms. The molecule has 3 aromatic carbocycles. The molecular weight excluding hydrogens is 414 g/mol. The van der Waals surface area contributed by atoms with Crippen LogP contribution in [0.25, 0.3) is 0 Å². The summed E-state index contributed by atoms with van der Waals surface area (Å²) in [6.45, 7) is 0.960. The van der Waals surface area contributed by atoms with Crippen LogP contribution in [0.1, 0.15) is 36.8 Å². The molecule has 5 heteroatoms. The summed E-state index contributed by atoms with van der Waals surface area (Å²) < 4.78 is 11.0. The first kappa shape index (κ1) is 24.1. The minimum atomic E-state index is -0.353. The van der Waals surface area contributed by atoms with Gasteiger partial charge in [-0.1, -0.05) is 66.7 Å². The van der Waals surface area contributed by atoms with Gasteiger partial charge in [0, 0.05) is 18.2 Å². The van der Waals surface area contributed by atoms with Crippen molar-refractivity contribution < 1.29 is 19.1 Å². The highest BCUT2D eigenvalue weighted by molar-refractivity contribution is 5.92. The number of hydrogen-bond acceptors (Lipinski definition) is 4. The third-order valence-electron chi connectivity index (χ3n) is 5.11. The minimum Gasteiger partial charge on any atom is -0.494 e. The molecule has 0 radical (unpaired) electrons. The Bertz CT molecular complexity index is 989. The first-order chi connectivity index (χ1) is 16.2. The number of anilines is 1. The van der Waals surface area contributed by atoms with E-state index in [-0.39, 0.29) is 24.7 Å². The number of nitrogens with one attached hydrogen (secondary N) is 1. The fourth-order valence-corrected chi connectivity index (χ4v) is 3.39. The van der Waals surface area contributed by atoms with Crippen LogP contribution in [-0.4, -0.2) is 25.1 Å². The van der Waals surface area contributed by atoms with Crippen molar-refractivity contribution in [3.05, 3.63) is 96.1 Å². The van der Waals surface area contributed by atoms with Gasteiger partial charge in [0.2, 0.25) is 5.91 Å². The van der Waals surface area contributed by atoms with E-state index >= 15 is 0 Å². The van der Waals surface area contributed by atoms with Crippen LogP contribution >= 0.6 is 0 Å². The van der Waals surface area contributed by atoms with Crippen molar-refractivity contribution in [2.75, 3.05) is 18.5 Å². The van der Waals surface area contributed by atoms with E-state index in [2.05, 4.69) is 29.6 Å². The van der Waals surface area contributed by atoms with Gasteiger partial charge >= 0.3 is 5.97 Å². The van der Waals surface area contributed by atoms with Crippen molar-refractivity contribution in [3.63, 3.8) is 0 Å². The summed E-state index contributed by atoms with van der Waals surface area (Å²) in [6, 6.07) is 27.7. The highest BCUT2D eigenvalue weighted by Gasteiger charge is 2.09. The van der Waals surface area contributed by atoms with E-state index in [0.717, 1.165) is 25.7 Å². The number of carbonyl (C=O) groups excluding carboxylic acids is 2. The predicted octanol–water partition coefficient (Wildman–Crippen LogP) is 5.59. The molecule has 0 aliphatic carbocycles. The van der Waals surface area contributed by atoms with Gasteiger partial charge in [-0.15, -0.1) is 0 Å². The lowest BCUT2D eigenvalue weighted by atomic mass is 10.1. The van der Waals surface area contributed by atoms with Crippen LogP contribution in [0.4, 0.5) is 5.69 Å². The summed E-state index contributed by atoms with van der Waals surface area (Å²) in [6.07, 6.45) is 3.64. The van der Waals surface area contributed by atoms with Crippen LogP contribution < -0.4 is 10.1 Å². The lowest BCUT2D eigenvalue weighted by molar-refractivity contribution is -0.144. The lowest BCUT2D eigenvalue weighted by Crippen LogP contribution is -2.15. The van der Waals surface area contributed by atoms with Crippen molar-refractivity contribution >= 4 is 17.6 Å². The van der Waals surface area contributed by atoms with Gasteiger partial charge in [-0.2, -0.15) is 0 Å². The molecule has 0 atom stereocenters. The summed E-state index contributed by atoms with van der Waals surface area (Å²) in [5.41, 5.74) is 3.16. The lowest BCUT2D eigenvalue weighted by Gasteiger charge is -2.09. The van der Waals surface area contributed by atoms with Crippen LogP contribution in [0.5, 0.6) is 5.75 Å². The molecule has 0 aliphatic heterocycles. The molecule has 3 aromatic rings. The topological polar surface area (TPSA) is 64.6 Å². The van der Waals surface area contributed by atoms with Crippen LogP contribution in [0.3, 0.4) is 0 Å². The second-order valence-corrected chi connectivity index (χ2v) is 7.82. The number of benzene rings is 3. The van der Waals surface area contributed by atoms with E-state index < -0.39 is 0 Å². The van der Waals surface area contributed by atoms with E-state index in [4.69, 9.17) is 9.47 Å². The van der Waals surface area contributed by atoms with Crippen LogP contribution in [0, 0.1) is 0 Å². The van der Waals surface area contributed by atoms with Crippen molar-refractivity contribution in [1.82, 2.24) is 0 Å². The van der Waals surface area contributed by atoms with Crippen LogP contribution in [0.15, 0.2) is 84.9 Å². The van der Waals surface area contributed by atoms with Gasteiger partial charge in [-0.25, -0.2) is 0 Å². The molecule has 0 aromatic heterocycles. The van der Waals surface area contributed by atoms with Gasteiger partial charge in [0.1, 0.15) is 5.75 Å². The molecule has 0 unspecified atom stereocenters. The van der Waals surface area contributed by atoms with Crippen LogP contribution in [-0.2, 0) is 27.2 Å². The molecule has 33 heavy (non-hydrogen) atoms. The normalized spacial score (nSPS) is 10.4. The van der Waals surface area contributed by atoms with Crippen molar-refractivity contribution in [3.8, 4) is 5.75 Å². The largest absolute Gasteiger partial charge is 0.494 e. The second kappa shape index (κ2) is 13.7. The third-order valence-corrected chi connectivity index (χ3v) is 5.11. The van der Waals surface area contributed by atoms with Gasteiger partial charge < -0.3 is 14.8 Å². The van der Waals surface area contributed by atoms with Crippen LogP contribution in [0.2, 0.25) is 0 Å². The summed E-state index contributed by atoms with van der Waals surface area (Å²) >= 11 is 0. The molecule has 0 saturated carbocycles. The number of aryl methyl sites for hydroxylation is 2. The maximum atomic E-state index is 12.2. The number of hydrogen-bond donors (Lipinski definition) is 1. The van der Waals surface area contributed by atoms with Gasteiger partial charge in [-0.05, 0) is 48.9 Å². The van der Waals surface area contributed by atoms with Crippen molar-refractivity contribution in [2.24, 2.45) is 0 Å². The summed E-state index contributed by atoms with van der Waals surface area (Å²) in [5.74, 6) is 0.130. The van der Waals surface area contributed by atoms with Crippen molar-refractivity contribution in [1.29, 1.82) is 0 Å². The molecule has 0 saturated heterocycles. The second-order valence-electron chi connectivity index (χ2n) is 7.82. The molecule has 1 N–H and O–H groups in total. The Morgan fingerprint density at radius 2 is 1.33 bits per heavy atom. The monoisotopic (exact) mass is 445 g/mol. The number of ether oxygens (including phenoxy) is 2. The van der Waals surface area contributed by atoms with E-state index in [9.17, 15) is 9.59 Å². The highest BCUT2D eigenvalue weighted by atomic mass is 16.5. The SMILES string of the molecule is O=C(CCC(=O)OCCCc1ccccc1)Nc1cccc(OCCCc2ccccc2)c1. The van der Waals surface area contributed by atoms with Gasteiger partial charge in [-0.3, -0.25) is 9.59 Å². The standard InChI is InChI=1S/C28H31NO4/c30-27(18-19-28(31)33-21-9-15-24-12-5-2-6-13-24)29-25-16-7-17-26(22-25)32-20-8-14-23-10-3-1-4-11-23/h1-7,10-13,16-17,22H,8-9,14-15,18-21H2,(H,29,30). The Kier molecular flexibility index (Phi) is 10.0. The quantitative estimate of drug-likeness (QED) is 0.275. The fraction of sp³-hybridized carbons (Fsp3) is 0.286. The van der Waals surface area contributed by atoms with E-state index in [1.807, 2.05) is 48.5 Å². The Morgan fingerprint density at radius 3 is 2.00 bits per heavy atom. The zero-order valence-electron chi connectivity index (χ0n) is 18.9. The van der Waals surface area contributed by atoms with E-state index in [0.29, 0.717) is 24.7 Å². The molecular formula is C28H31NO4. The minimum absolute atomic E-state index is 0.0623. The summed E-state index contributed by atoms with van der Waals surface area (Å²) in [4.78, 5) is 24.1. The highest BCUT2D eigenvalue weighted by Crippen LogP contribution is 2.18. The summed E-state index contributed by atoms with van der Waals surface area (Å²) in [7, 11) is 0. The number of amides is 1. The molecule has 3 rings (SSSR count). The van der Waals surface area contributed by atoms with Gasteiger partial charge in [0.05, 0.1) is 19.6 Å². The van der Waals surface area contributed by atoms with Gasteiger partial charge in [0.25, 0.3) is 0 Å². The molecule has 0 aliphatic rings. The Labute approximate surface area is 195 Å². The molecule has 0 bridgehead atoms. The Morgan fingerprint density at radius 1 is 0.697 bits per heavy atom. The predicted molar refractivity (Wildman–Crippen MR) is 130 cm³/mol. The molecule has 0 heterocycles. The van der Waals surface area contributed by atoms with E-state index in [1.54, 1.807) is 12.1 Å². The van der Waals surface area contributed by atoms with E-state index in [1.165, 1.54) is 11.1 Å². The average molecular weight is 446 g/mol. The molecule has 0 fully saturated rings. The maximum absolute atomic E-state index is 12.2. The first-order valence-corrected chi connectivity index (χ1v) is 11.5. The summed E-state index contributed by atoms with van der Waals surface area (Å²) in [5, 5.41) is 2.82. The molecule has 5 nitrogen and oxygen atoms in total. The smallest absolute Gasteiger partial charge is 0.306 e. The third kappa shape index (κ3) is 9.60. The number of carbonyl (C=O) groups is 2. The zero-order chi connectivity index (χ0) is 23.1. The van der Waals surface area contributed by atoms with Crippen molar-refractivity contribution in [2.45, 2.75) is 38.5 Å². The Hall–Kier alpha value is -3.60. The number of rotatable bonds is 13.